The van der Waals surface area contributed by atoms with Crippen molar-refractivity contribution < 1.29 is 14.3 Å². The summed E-state index contributed by atoms with van der Waals surface area (Å²) in [5.74, 6) is -0.235. The molecule has 5 nitrogen and oxygen atoms in total. The molecule has 0 N–H and O–H groups in total. The van der Waals surface area contributed by atoms with Crippen LogP contribution < -0.4 is 0 Å². The second-order valence-corrected chi connectivity index (χ2v) is 5.62. The van der Waals surface area contributed by atoms with Gasteiger partial charge >= 0.3 is 5.97 Å². The molecule has 1 heterocycles. The molecule has 0 atom stereocenters. The lowest BCUT2D eigenvalue weighted by atomic mass is 10.0. The minimum absolute atomic E-state index is 0.0359. The highest BCUT2D eigenvalue weighted by Crippen LogP contribution is 2.15. The molecule has 0 radical (unpaired) electrons. The lowest BCUT2D eigenvalue weighted by Gasteiger charge is -2.25. The van der Waals surface area contributed by atoms with Crippen LogP contribution >= 0.6 is 15.9 Å². The van der Waals surface area contributed by atoms with Gasteiger partial charge in [0.2, 0.25) is 0 Å². The number of ether oxygens (including phenoxy) is 1. The minimum Gasteiger partial charge on any atom is -0.468 e. The lowest BCUT2D eigenvalue weighted by molar-refractivity contribution is -0.141. The first-order valence-electron chi connectivity index (χ1n) is 6.99. The summed E-state index contributed by atoms with van der Waals surface area (Å²) in [5.41, 5.74) is 0.506. The Bertz CT molecular complexity index is 490. The largest absolute Gasteiger partial charge is 0.468 e. The Kier molecular flexibility index (Phi) is 7.36. The van der Waals surface area contributed by atoms with Gasteiger partial charge in [0.25, 0.3) is 5.91 Å². The van der Waals surface area contributed by atoms with Gasteiger partial charge < -0.3 is 9.64 Å². The Labute approximate surface area is 133 Å². The number of nitrogens with zero attached hydrogens (tertiary/aromatic N) is 2. The van der Waals surface area contributed by atoms with Gasteiger partial charge in [-0.1, -0.05) is 26.7 Å². The molecule has 0 bridgehead atoms. The normalized spacial score (nSPS) is 10.5. The van der Waals surface area contributed by atoms with Crippen molar-refractivity contribution in [3.63, 3.8) is 0 Å². The fourth-order valence-electron chi connectivity index (χ4n) is 2.02. The summed E-state index contributed by atoms with van der Waals surface area (Å²) in [6.07, 6.45) is 3.48. The zero-order chi connectivity index (χ0) is 15.8. The maximum Gasteiger partial charge on any atom is 0.325 e. The number of rotatable bonds is 7. The van der Waals surface area contributed by atoms with E-state index >= 15 is 0 Å². The summed E-state index contributed by atoms with van der Waals surface area (Å²) >= 11 is 3.25. The number of methoxy groups -OCH3 is 1. The lowest BCUT2D eigenvalue weighted by Crippen LogP contribution is -2.39. The monoisotopic (exact) mass is 356 g/mol. The number of carbonyl (C=O) groups is 2. The number of halogens is 1. The van der Waals surface area contributed by atoms with Crippen molar-refractivity contribution in [1.82, 2.24) is 9.88 Å². The second kappa shape index (κ2) is 8.77. The van der Waals surface area contributed by atoms with Crippen LogP contribution in [0.1, 0.15) is 37.0 Å². The van der Waals surface area contributed by atoms with E-state index in [1.165, 1.54) is 7.11 Å². The molecule has 21 heavy (non-hydrogen) atoms. The Morgan fingerprint density at radius 1 is 1.38 bits per heavy atom. The molecule has 0 aliphatic carbocycles. The maximum atomic E-state index is 12.6. The number of aromatic nitrogens is 1. The number of hydrogen-bond acceptors (Lipinski definition) is 4. The summed E-state index contributed by atoms with van der Waals surface area (Å²) in [5, 5.41) is 0. The number of amides is 1. The van der Waals surface area contributed by atoms with Crippen LogP contribution in [0.5, 0.6) is 0 Å². The molecule has 0 aliphatic heterocycles. The smallest absolute Gasteiger partial charge is 0.325 e. The maximum absolute atomic E-state index is 12.6. The van der Waals surface area contributed by atoms with Gasteiger partial charge in [0, 0.05) is 18.3 Å². The third-order valence-electron chi connectivity index (χ3n) is 3.44. The van der Waals surface area contributed by atoms with E-state index in [0.29, 0.717) is 22.6 Å². The first kappa shape index (κ1) is 17.6. The molecule has 0 fully saturated rings. The topological polar surface area (TPSA) is 59.5 Å². The Hall–Kier alpha value is -1.43. The average Bonchev–Trinajstić information content (AvgIpc) is 2.50. The summed E-state index contributed by atoms with van der Waals surface area (Å²) in [7, 11) is 1.32. The molecule has 0 saturated carbocycles. The first-order valence-corrected chi connectivity index (χ1v) is 7.78. The summed E-state index contributed by atoms with van der Waals surface area (Å²) in [6.45, 7) is 4.67. The molecular weight excluding hydrogens is 336 g/mol. The number of hydrogen-bond donors (Lipinski definition) is 0. The number of pyridine rings is 1. The Morgan fingerprint density at radius 3 is 2.57 bits per heavy atom. The highest BCUT2D eigenvalue weighted by molar-refractivity contribution is 9.10. The van der Waals surface area contributed by atoms with Crippen molar-refractivity contribution in [3.05, 3.63) is 28.5 Å². The molecule has 1 aromatic rings. The van der Waals surface area contributed by atoms with Gasteiger partial charge in [0.1, 0.15) is 11.1 Å². The van der Waals surface area contributed by atoms with Crippen LogP contribution in [0.4, 0.5) is 0 Å². The van der Waals surface area contributed by atoms with Crippen LogP contribution in [0, 0.1) is 5.92 Å². The van der Waals surface area contributed by atoms with Gasteiger partial charge in [-0.25, -0.2) is 4.98 Å². The van der Waals surface area contributed by atoms with E-state index in [1.54, 1.807) is 23.2 Å². The summed E-state index contributed by atoms with van der Waals surface area (Å²) < 4.78 is 5.28. The first-order chi connectivity index (χ1) is 10.0. The SMILES string of the molecule is CCC(CC)CN(CC(=O)OC)C(=O)c1ccnc(Br)c1. The number of carbonyl (C=O) groups excluding carboxylic acids is 2. The van der Waals surface area contributed by atoms with Crippen molar-refractivity contribution >= 4 is 27.8 Å². The van der Waals surface area contributed by atoms with Crippen LogP contribution in [0.25, 0.3) is 0 Å². The fraction of sp³-hybridized carbons (Fsp3) is 0.533. The summed E-state index contributed by atoms with van der Waals surface area (Å²) in [4.78, 5) is 29.7. The van der Waals surface area contributed by atoms with Crippen LogP contribution in [-0.2, 0) is 9.53 Å². The van der Waals surface area contributed by atoms with Crippen LogP contribution in [0.3, 0.4) is 0 Å². The molecule has 6 heteroatoms. The molecule has 1 aromatic heterocycles. The van der Waals surface area contributed by atoms with E-state index in [2.05, 4.69) is 39.5 Å². The van der Waals surface area contributed by atoms with E-state index < -0.39 is 5.97 Å². The standard InChI is InChI=1S/C15H21BrN2O3/c1-4-11(5-2)9-18(10-14(19)21-3)15(20)12-6-7-17-13(16)8-12/h6-8,11H,4-5,9-10H2,1-3H3. The molecule has 0 saturated heterocycles. The number of esters is 1. The van der Waals surface area contributed by atoms with Gasteiger partial charge in [0.05, 0.1) is 7.11 Å². The zero-order valence-electron chi connectivity index (χ0n) is 12.6. The molecule has 0 aromatic carbocycles. The quantitative estimate of drug-likeness (QED) is 0.556. The van der Waals surface area contributed by atoms with E-state index in [-0.39, 0.29) is 12.5 Å². The second-order valence-electron chi connectivity index (χ2n) is 4.81. The third kappa shape index (κ3) is 5.46. The third-order valence-corrected chi connectivity index (χ3v) is 3.88. The van der Waals surface area contributed by atoms with Crippen molar-refractivity contribution in [2.24, 2.45) is 5.92 Å². The molecule has 1 amide bonds. The van der Waals surface area contributed by atoms with E-state index in [4.69, 9.17) is 0 Å². The highest BCUT2D eigenvalue weighted by atomic mass is 79.9. The van der Waals surface area contributed by atoms with Gasteiger partial charge in [-0.15, -0.1) is 0 Å². The van der Waals surface area contributed by atoms with Crippen LogP contribution in [0.2, 0.25) is 0 Å². The van der Waals surface area contributed by atoms with Gasteiger partial charge in [-0.05, 0) is 34.0 Å². The predicted octanol–water partition coefficient (Wildman–Crippen LogP) is 2.90. The predicted molar refractivity (Wildman–Crippen MR) is 83.9 cm³/mol. The molecule has 116 valence electrons. The Balaban J connectivity index is 2.93. The van der Waals surface area contributed by atoms with Gasteiger partial charge in [-0.2, -0.15) is 0 Å². The molecule has 0 unspecified atom stereocenters. The highest BCUT2D eigenvalue weighted by Gasteiger charge is 2.22. The van der Waals surface area contributed by atoms with Gasteiger partial charge in [-0.3, -0.25) is 9.59 Å². The van der Waals surface area contributed by atoms with Crippen molar-refractivity contribution in [2.75, 3.05) is 20.2 Å². The average molecular weight is 357 g/mol. The molecular formula is C15H21BrN2O3. The molecule has 1 rings (SSSR count). The fourth-order valence-corrected chi connectivity index (χ4v) is 2.38. The van der Waals surface area contributed by atoms with Crippen molar-refractivity contribution in [2.45, 2.75) is 26.7 Å². The van der Waals surface area contributed by atoms with Crippen molar-refractivity contribution in [3.8, 4) is 0 Å². The molecule has 0 spiro atoms. The van der Waals surface area contributed by atoms with Crippen LogP contribution in [0.15, 0.2) is 22.9 Å². The van der Waals surface area contributed by atoms with Gasteiger partial charge in [0.15, 0.2) is 0 Å². The van der Waals surface area contributed by atoms with Crippen LogP contribution in [-0.4, -0.2) is 42.0 Å². The zero-order valence-corrected chi connectivity index (χ0v) is 14.2. The minimum atomic E-state index is -0.414. The van der Waals surface area contributed by atoms with Crippen molar-refractivity contribution in [1.29, 1.82) is 0 Å². The Morgan fingerprint density at radius 2 is 2.05 bits per heavy atom. The van der Waals surface area contributed by atoms with E-state index in [1.807, 2.05) is 0 Å². The summed E-state index contributed by atoms with van der Waals surface area (Å²) in [6, 6.07) is 3.30. The van der Waals surface area contributed by atoms with E-state index in [0.717, 1.165) is 12.8 Å². The molecule has 0 aliphatic rings. The van der Waals surface area contributed by atoms with E-state index in [9.17, 15) is 9.59 Å².